The number of benzene rings is 1. The Labute approximate surface area is 246 Å². The van der Waals surface area contributed by atoms with Crippen LogP contribution in [0, 0.1) is 5.92 Å². The molecule has 0 amide bonds. The van der Waals surface area contributed by atoms with Crippen LogP contribution in [0.15, 0.2) is 41.0 Å². The van der Waals surface area contributed by atoms with Gasteiger partial charge in [0.25, 0.3) is 0 Å². The van der Waals surface area contributed by atoms with Crippen LogP contribution in [0.25, 0.3) is 6.08 Å². The molecule has 7 rings (SSSR count). The molecule has 224 valence electrons. The molecular weight excluding hydrogens is 536 g/mol. The van der Waals surface area contributed by atoms with Gasteiger partial charge in [-0.1, -0.05) is 23.3 Å². The maximum atomic E-state index is 14.7. The van der Waals surface area contributed by atoms with E-state index in [0.717, 1.165) is 5.57 Å². The van der Waals surface area contributed by atoms with Gasteiger partial charge >= 0.3 is 0 Å². The van der Waals surface area contributed by atoms with Gasteiger partial charge in [-0.05, 0) is 79.5 Å². The molecule has 3 aliphatic heterocycles. The van der Waals surface area contributed by atoms with E-state index >= 15 is 0 Å². The SMILES string of the molecule is CO[C@]12C=C3C(=O)c4c(O)c5c(c(CC=C(C)C)c4O[C@@]34[C@@H](C1)C(C)(C)O[C@@]4(C/C=C(/C)CO)C2=O)OC(C)(C)C=C5. The average molecular weight is 577 g/mol. The number of ether oxygens (including phenoxy) is 4. The minimum absolute atomic E-state index is 0.0522. The second-order valence-electron chi connectivity index (χ2n) is 13.6. The quantitative estimate of drug-likeness (QED) is 0.445. The lowest BCUT2D eigenvalue weighted by Gasteiger charge is -2.59. The molecule has 2 N–H and O–H groups in total. The number of carbonyl (C=O) groups is 2. The van der Waals surface area contributed by atoms with Crippen molar-refractivity contribution >= 4 is 17.6 Å². The Morgan fingerprint density at radius 1 is 1.10 bits per heavy atom. The first-order chi connectivity index (χ1) is 19.6. The predicted molar refractivity (Wildman–Crippen MR) is 157 cm³/mol. The zero-order chi connectivity index (χ0) is 30.6. The number of hydrogen-bond donors (Lipinski definition) is 2. The molecule has 3 heterocycles. The largest absolute Gasteiger partial charge is 0.506 e. The van der Waals surface area contributed by atoms with Crippen LogP contribution < -0.4 is 9.47 Å². The summed E-state index contributed by atoms with van der Waals surface area (Å²) in [4.78, 5) is 29.3. The molecule has 4 atom stereocenters. The molecule has 8 nitrogen and oxygen atoms in total. The first kappa shape index (κ1) is 28.9. The molecule has 1 saturated carbocycles. The highest BCUT2D eigenvalue weighted by molar-refractivity contribution is 6.20. The fourth-order valence-corrected chi connectivity index (χ4v) is 7.65. The fraction of sp³-hybridized carbons (Fsp3) is 0.529. The van der Waals surface area contributed by atoms with Crippen LogP contribution in [0.2, 0.25) is 0 Å². The number of aliphatic hydroxyl groups is 1. The molecule has 6 aliphatic rings. The van der Waals surface area contributed by atoms with Crippen LogP contribution >= 0.6 is 0 Å². The van der Waals surface area contributed by atoms with Gasteiger partial charge in [0.05, 0.1) is 17.8 Å². The van der Waals surface area contributed by atoms with Gasteiger partial charge < -0.3 is 29.2 Å². The Balaban J connectivity index is 1.70. The molecule has 3 aliphatic carbocycles. The van der Waals surface area contributed by atoms with E-state index in [4.69, 9.17) is 18.9 Å². The van der Waals surface area contributed by atoms with E-state index in [0.29, 0.717) is 28.9 Å². The summed E-state index contributed by atoms with van der Waals surface area (Å²) in [6.07, 6.45) is 9.80. The number of fused-ring (bicyclic) bond motifs is 2. The second kappa shape index (κ2) is 8.91. The van der Waals surface area contributed by atoms with Gasteiger partial charge in [-0.3, -0.25) is 9.59 Å². The van der Waals surface area contributed by atoms with Crippen LogP contribution in [0.5, 0.6) is 17.2 Å². The zero-order valence-corrected chi connectivity index (χ0v) is 25.6. The lowest BCUT2D eigenvalue weighted by atomic mass is 9.49. The Morgan fingerprint density at radius 3 is 2.45 bits per heavy atom. The number of phenols is 1. The second-order valence-corrected chi connectivity index (χ2v) is 13.6. The monoisotopic (exact) mass is 576 g/mol. The van der Waals surface area contributed by atoms with Gasteiger partial charge in [0.1, 0.15) is 34.0 Å². The summed E-state index contributed by atoms with van der Waals surface area (Å²) in [5, 5.41) is 21.4. The van der Waals surface area contributed by atoms with Crippen molar-refractivity contribution in [2.24, 2.45) is 5.92 Å². The smallest absolute Gasteiger partial charge is 0.205 e. The third-order valence-corrected chi connectivity index (χ3v) is 9.73. The molecule has 4 bridgehead atoms. The van der Waals surface area contributed by atoms with Crippen LogP contribution in [0.1, 0.15) is 82.8 Å². The van der Waals surface area contributed by atoms with Gasteiger partial charge in [-0.15, -0.1) is 0 Å². The van der Waals surface area contributed by atoms with E-state index in [1.54, 1.807) is 25.2 Å². The van der Waals surface area contributed by atoms with E-state index in [1.807, 2.05) is 53.7 Å². The van der Waals surface area contributed by atoms with Crippen LogP contribution in [0.3, 0.4) is 0 Å². The number of rotatable bonds is 6. The number of methoxy groups -OCH3 is 1. The van der Waals surface area contributed by atoms with Crippen molar-refractivity contribution < 1.29 is 38.7 Å². The minimum atomic E-state index is -1.61. The number of allylic oxidation sites excluding steroid dienone is 2. The summed E-state index contributed by atoms with van der Waals surface area (Å²) in [5.74, 6) is -0.709. The topological polar surface area (TPSA) is 112 Å². The lowest BCUT2D eigenvalue weighted by Crippen LogP contribution is -2.77. The van der Waals surface area contributed by atoms with E-state index in [2.05, 4.69) is 0 Å². The predicted octanol–water partition coefficient (Wildman–Crippen LogP) is 5.19. The highest BCUT2D eigenvalue weighted by Crippen LogP contribution is 2.70. The molecule has 42 heavy (non-hydrogen) atoms. The zero-order valence-electron chi connectivity index (χ0n) is 25.6. The van der Waals surface area contributed by atoms with E-state index < -0.39 is 39.7 Å². The Morgan fingerprint density at radius 2 is 1.81 bits per heavy atom. The number of carbonyl (C=O) groups excluding carboxylic acids is 2. The highest BCUT2D eigenvalue weighted by atomic mass is 16.6. The fourth-order valence-electron chi connectivity index (χ4n) is 7.65. The number of aromatic hydroxyl groups is 1. The first-order valence-corrected chi connectivity index (χ1v) is 14.6. The maximum Gasteiger partial charge on any atom is 0.205 e. The third kappa shape index (κ3) is 3.52. The molecule has 0 unspecified atom stereocenters. The summed E-state index contributed by atoms with van der Waals surface area (Å²) in [6, 6.07) is 0. The van der Waals surface area contributed by atoms with Crippen molar-refractivity contribution in [3.63, 3.8) is 0 Å². The number of aliphatic hydroxyl groups excluding tert-OH is 1. The summed E-state index contributed by atoms with van der Waals surface area (Å²) < 4.78 is 26.3. The number of ketones is 2. The Hall–Kier alpha value is -3.20. The molecule has 1 spiro atoms. The van der Waals surface area contributed by atoms with Gasteiger partial charge in [-0.2, -0.15) is 0 Å². The van der Waals surface area contributed by atoms with Crippen molar-refractivity contribution in [3.05, 3.63) is 57.7 Å². The molecule has 1 aromatic rings. The van der Waals surface area contributed by atoms with Gasteiger partial charge in [-0.25, -0.2) is 0 Å². The van der Waals surface area contributed by atoms with Crippen molar-refractivity contribution in [1.29, 1.82) is 0 Å². The van der Waals surface area contributed by atoms with Gasteiger partial charge in [0.15, 0.2) is 17.0 Å². The van der Waals surface area contributed by atoms with Crippen LogP contribution in [0.4, 0.5) is 0 Å². The van der Waals surface area contributed by atoms with Crippen molar-refractivity contribution in [2.75, 3.05) is 13.7 Å². The number of Topliss-reactive ketones (excluding diaryl/α,β-unsaturated/α-hetero) is 2. The Kier molecular flexibility index (Phi) is 6.13. The summed E-state index contributed by atoms with van der Waals surface area (Å²) >= 11 is 0. The van der Waals surface area contributed by atoms with Crippen LogP contribution in [-0.2, 0) is 20.7 Å². The molecule has 2 fully saturated rings. The lowest BCUT2D eigenvalue weighted by molar-refractivity contribution is -0.190. The molecule has 0 aromatic heterocycles. The molecular formula is C34H40O8. The third-order valence-electron chi connectivity index (χ3n) is 9.73. The van der Waals surface area contributed by atoms with E-state index in [9.17, 15) is 19.8 Å². The molecule has 1 aromatic carbocycles. The molecule has 0 radical (unpaired) electrons. The summed E-state index contributed by atoms with van der Waals surface area (Å²) in [7, 11) is 1.47. The van der Waals surface area contributed by atoms with E-state index in [-0.39, 0.29) is 47.9 Å². The normalized spacial score (nSPS) is 32.8. The van der Waals surface area contributed by atoms with Crippen molar-refractivity contribution in [1.82, 2.24) is 0 Å². The van der Waals surface area contributed by atoms with Gasteiger partial charge in [0.2, 0.25) is 5.78 Å². The van der Waals surface area contributed by atoms with E-state index in [1.165, 1.54) is 7.11 Å². The molecule has 1 saturated heterocycles. The standard InChI is InChI=1S/C34H40O8/c1-18(2)9-10-21-27-20(12-13-30(4,5)40-27)25(36)24-26(37)22-15-32(39-8)16-23-31(6,7)42-33(29(32)38,14-11-19(3)17-35)34(22,23)41-28(21)24/h9,11-13,15,23,35-36H,10,14,16-17H2,1-8H3/b19-11-/t23-,32+,33-,34+/m0/s1. The summed E-state index contributed by atoms with van der Waals surface area (Å²) in [6.45, 7) is 13.2. The summed E-state index contributed by atoms with van der Waals surface area (Å²) in [5.41, 5.74) is -2.91. The molecule has 8 heteroatoms. The Bertz CT molecular complexity index is 1550. The van der Waals surface area contributed by atoms with Crippen LogP contribution in [-0.4, -0.2) is 63.5 Å². The van der Waals surface area contributed by atoms with Gasteiger partial charge in [0, 0.05) is 30.6 Å². The minimum Gasteiger partial charge on any atom is -0.506 e. The number of phenolic OH excluding ortho intramolecular Hbond substituents is 1. The first-order valence-electron chi connectivity index (χ1n) is 14.6. The highest BCUT2D eigenvalue weighted by Gasteiger charge is 2.84. The average Bonchev–Trinajstić information content (AvgIpc) is 3.08. The number of hydrogen-bond acceptors (Lipinski definition) is 8. The maximum absolute atomic E-state index is 14.7. The van der Waals surface area contributed by atoms with Crippen molar-refractivity contribution in [2.45, 2.75) is 95.7 Å². The van der Waals surface area contributed by atoms with Crippen molar-refractivity contribution in [3.8, 4) is 17.2 Å².